The second-order valence-corrected chi connectivity index (χ2v) is 16.1. The standard InChI is InChI=1S/C43H46O4/c1-41(2,3)33-23-27(22-31-35(39(44)46-37(31)33)28-16-10-7-11-17-28)26-43(20-14-9-15-21-43)30-24-32-36(29-18-12-8-13-19-29)40(45)47-38(32)34(25-30)42(4,5)6/h7-8,10-13,16-19,22-25,35-36H,9,14-15,20-21,26H2,1-6H3. The monoisotopic (exact) mass is 626 g/mol. The third-order valence-electron chi connectivity index (χ3n) is 10.6. The molecule has 4 heteroatoms. The van der Waals surface area contributed by atoms with Gasteiger partial charge in [-0.3, -0.25) is 9.59 Å². The Kier molecular flexibility index (Phi) is 7.69. The average Bonchev–Trinajstić information content (AvgIpc) is 3.55. The van der Waals surface area contributed by atoms with Crippen LogP contribution in [0.25, 0.3) is 0 Å². The van der Waals surface area contributed by atoms with Crippen LogP contribution < -0.4 is 9.47 Å². The Morgan fingerprint density at radius 3 is 1.57 bits per heavy atom. The molecule has 2 atom stereocenters. The Hall–Kier alpha value is -4.18. The van der Waals surface area contributed by atoms with Crippen LogP contribution in [-0.4, -0.2) is 11.9 Å². The Labute approximate surface area is 279 Å². The van der Waals surface area contributed by atoms with E-state index in [1.165, 1.54) is 17.5 Å². The van der Waals surface area contributed by atoms with Crippen LogP contribution >= 0.6 is 0 Å². The van der Waals surface area contributed by atoms with Crippen molar-refractivity contribution in [2.45, 2.75) is 108 Å². The zero-order valence-corrected chi connectivity index (χ0v) is 28.6. The number of benzene rings is 4. The molecule has 1 saturated carbocycles. The molecule has 0 saturated heterocycles. The maximum absolute atomic E-state index is 13.5. The molecule has 2 unspecified atom stereocenters. The van der Waals surface area contributed by atoms with E-state index < -0.39 is 11.8 Å². The number of rotatable bonds is 5. The van der Waals surface area contributed by atoms with Crippen molar-refractivity contribution >= 4 is 11.9 Å². The summed E-state index contributed by atoms with van der Waals surface area (Å²) >= 11 is 0. The van der Waals surface area contributed by atoms with E-state index in [9.17, 15) is 9.59 Å². The lowest BCUT2D eigenvalue weighted by molar-refractivity contribution is -0.134. The van der Waals surface area contributed by atoms with Crippen LogP contribution in [0.4, 0.5) is 0 Å². The normalized spacial score (nSPS) is 20.4. The molecule has 0 radical (unpaired) electrons. The predicted molar refractivity (Wildman–Crippen MR) is 187 cm³/mol. The van der Waals surface area contributed by atoms with Gasteiger partial charge in [0.05, 0.1) is 0 Å². The summed E-state index contributed by atoms with van der Waals surface area (Å²) in [6, 6.07) is 29.3. The van der Waals surface area contributed by atoms with E-state index in [0.29, 0.717) is 0 Å². The fourth-order valence-electron chi connectivity index (χ4n) is 8.23. The summed E-state index contributed by atoms with van der Waals surface area (Å²) in [6.07, 6.45) is 6.53. The molecule has 7 rings (SSSR count). The van der Waals surface area contributed by atoms with E-state index in [-0.39, 0.29) is 28.2 Å². The van der Waals surface area contributed by atoms with Gasteiger partial charge in [-0.05, 0) is 57.8 Å². The molecule has 4 nitrogen and oxygen atoms in total. The van der Waals surface area contributed by atoms with Crippen LogP contribution in [-0.2, 0) is 32.3 Å². The third kappa shape index (κ3) is 5.60. The maximum Gasteiger partial charge on any atom is 0.323 e. The number of fused-ring (bicyclic) bond motifs is 2. The lowest BCUT2D eigenvalue weighted by Crippen LogP contribution is -2.32. The summed E-state index contributed by atoms with van der Waals surface area (Å²) in [5.41, 5.74) is 8.06. The number of carbonyl (C=O) groups is 2. The van der Waals surface area contributed by atoms with Gasteiger partial charge in [-0.25, -0.2) is 0 Å². The summed E-state index contributed by atoms with van der Waals surface area (Å²) in [5, 5.41) is 0. The Morgan fingerprint density at radius 1 is 0.617 bits per heavy atom. The van der Waals surface area contributed by atoms with Crippen molar-refractivity contribution in [3.05, 3.63) is 129 Å². The van der Waals surface area contributed by atoms with Gasteiger partial charge in [0.2, 0.25) is 0 Å². The van der Waals surface area contributed by atoms with Crippen LogP contribution in [0.15, 0.2) is 84.9 Å². The fourth-order valence-corrected chi connectivity index (χ4v) is 8.23. The average molecular weight is 627 g/mol. The van der Waals surface area contributed by atoms with Crippen LogP contribution in [0.1, 0.15) is 130 Å². The minimum atomic E-state index is -0.435. The molecule has 3 aliphatic rings. The lowest BCUT2D eigenvalue weighted by Gasteiger charge is -2.40. The van der Waals surface area contributed by atoms with Gasteiger partial charge in [-0.2, -0.15) is 0 Å². The van der Waals surface area contributed by atoms with Crippen molar-refractivity contribution in [3.63, 3.8) is 0 Å². The molecule has 242 valence electrons. The van der Waals surface area contributed by atoms with Crippen LogP contribution in [0.5, 0.6) is 11.5 Å². The number of ether oxygens (including phenoxy) is 2. The molecule has 2 aliphatic heterocycles. The highest BCUT2D eigenvalue weighted by Crippen LogP contribution is 2.52. The van der Waals surface area contributed by atoms with Crippen molar-refractivity contribution in [1.82, 2.24) is 0 Å². The third-order valence-corrected chi connectivity index (χ3v) is 10.6. The first-order valence-electron chi connectivity index (χ1n) is 17.3. The molecule has 0 amide bonds. The summed E-state index contributed by atoms with van der Waals surface area (Å²) in [5.74, 6) is 0.196. The van der Waals surface area contributed by atoms with Gasteiger partial charge in [-0.15, -0.1) is 0 Å². The number of hydrogen-bond acceptors (Lipinski definition) is 4. The van der Waals surface area contributed by atoms with Crippen LogP contribution in [0.2, 0.25) is 0 Å². The van der Waals surface area contributed by atoms with Gasteiger partial charge in [0.25, 0.3) is 0 Å². The van der Waals surface area contributed by atoms with E-state index in [0.717, 1.165) is 77.0 Å². The zero-order chi connectivity index (χ0) is 33.1. The predicted octanol–water partition coefficient (Wildman–Crippen LogP) is 9.83. The summed E-state index contributed by atoms with van der Waals surface area (Å²) in [7, 11) is 0. The highest BCUT2D eigenvalue weighted by Gasteiger charge is 2.44. The second-order valence-electron chi connectivity index (χ2n) is 16.1. The number of carbonyl (C=O) groups excluding carboxylic acids is 2. The lowest BCUT2D eigenvalue weighted by atomic mass is 9.64. The highest BCUT2D eigenvalue weighted by molar-refractivity contribution is 5.91. The van der Waals surface area contributed by atoms with Crippen molar-refractivity contribution in [2.24, 2.45) is 0 Å². The molecule has 4 aromatic carbocycles. The number of hydrogen-bond donors (Lipinski definition) is 0. The molecular formula is C43H46O4. The van der Waals surface area contributed by atoms with Crippen LogP contribution in [0, 0.1) is 0 Å². The van der Waals surface area contributed by atoms with Crippen molar-refractivity contribution in [3.8, 4) is 11.5 Å². The summed E-state index contributed by atoms with van der Waals surface area (Å²) in [4.78, 5) is 27.0. The largest absolute Gasteiger partial charge is 0.425 e. The molecule has 0 aromatic heterocycles. The first-order chi connectivity index (χ1) is 22.4. The SMILES string of the molecule is CC(C)(C)c1cc(CC2(c3cc4c(c(C(C)(C)C)c3)OC(=O)C4c3ccccc3)CCCCC2)cc2c1OC(=O)C2c1ccccc1. The maximum atomic E-state index is 13.5. The molecule has 4 aromatic rings. The second kappa shape index (κ2) is 11.5. The summed E-state index contributed by atoms with van der Waals surface area (Å²) in [6.45, 7) is 13.2. The summed E-state index contributed by atoms with van der Waals surface area (Å²) < 4.78 is 12.2. The Balaban J connectivity index is 1.39. The van der Waals surface area contributed by atoms with Crippen molar-refractivity contribution in [2.75, 3.05) is 0 Å². The van der Waals surface area contributed by atoms with Crippen molar-refractivity contribution < 1.29 is 19.1 Å². The van der Waals surface area contributed by atoms with Gasteiger partial charge in [0.15, 0.2) is 0 Å². The minimum absolute atomic E-state index is 0.116. The fraction of sp³-hybridized carbons (Fsp3) is 0.395. The smallest absolute Gasteiger partial charge is 0.323 e. The quantitative estimate of drug-likeness (QED) is 0.163. The molecule has 0 bridgehead atoms. The molecular weight excluding hydrogens is 580 g/mol. The van der Waals surface area contributed by atoms with E-state index in [1.54, 1.807) is 0 Å². The zero-order valence-electron chi connectivity index (χ0n) is 28.6. The van der Waals surface area contributed by atoms with Gasteiger partial charge in [0, 0.05) is 22.3 Å². The highest BCUT2D eigenvalue weighted by atomic mass is 16.5. The molecule has 47 heavy (non-hydrogen) atoms. The van der Waals surface area contributed by atoms with E-state index >= 15 is 0 Å². The minimum Gasteiger partial charge on any atom is -0.425 e. The van der Waals surface area contributed by atoms with Crippen molar-refractivity contribution in [1.29, 1.82) is 0 Å². The van der Waals surface area contributed by atoms with E-state index in [2.05, 4.69) is 65.8 Å². The van der Waals surface area contributed by atoms with Crippen LogP contribution in [0.3, 0.4) is 0 Å². The van der Waals surface area contributed by atoms with E-state index in [4.69, 9.17) is 9.47 Å². The molecule has 0 N–H and O–H groups in total. The van der Waals surface area contributed by atoms with Gasteiger partial charge in [0.1, 0.15) is 23.3 Å². The number of esters is 2. The van der Waals surface area contributed by atoms with Gasteiger partial charge < -0.3 is 9.47 Å². The molecule has 1 aliphatic carbocycles. The molecule has 0 spiro atoms. The topological polar surface area (TPSA) is 52.6 Å². The molecule has 2 heterocycles. The Morgan fingerprint density at radius 2 is 1.09 bits per heavy atom. The van der Waals surface area contributed by atoms with Gasteiger partial charge >= 0.3 is 11.9 Å². The first kappa shape index (κ1) is 31.4. The van der Waals surface area contributed by atoms with Gasteiger partial charge in [-0.1, -0.05) is 146 Å². The Bertz CT molecular complexity index is 1830. The molecule has 1 fully saturated rings. The van der Waals surface area contributed by atoms with E-state index in [1.807, 2.05) is 60.7 Å². The first-order valence-corrected chi connectivity index (χ1v) is 17.3.